The van der Waals surface area contributed by atoms with E-state index >= 15 is 0 Å². The molecule has 1 aromatic carbocycles. The number of likely N-dealkylation sites (N-methyl/N-ethyl adjacent to an activating group) is 1. The van der Waals surface area contributed by atoms with Gasteiger partial charge in [-0.15, -0.1) is 0 Å². The monoisotopic (exact) mass is 352 g/mol. The highest BCUT2D eigenvalue weighted by Crippen LogP contribution is 2.42. The van der Waals surface area contributed by atoms with Gasteiger partial charge in [-0.05, 0) is 51.1 Å². The van der Waals surface area contributed by atoms with Crippen LogP contribution < -0.4 is 4.74 Å². The maximum absolute atomic E-state index is 13.0. The molecular weight excluding hydrogens is 328 g/mol. The molecule has 0 spiro atoms. The summed E-state index contributed by atoms with van der Waals surface area (Å²) in [4.78, 5) is 17.2. The van der Waals surface area contributed by atoms with E-state index in [2.05, 4.69) is 11.9 Å². The Hall–Kier alpha value is -1.30. The average Bonchev–Trinajstić information content (AvgIpc) is 2.61. The molecule has 2 aliphatic heterocycles. The van der Waals surface area contributed by atoms with E-state index in [1.54, 1.807) is 25.3 Å². The summed E-state index contributed by atoms with van der Waals surface area (Å²) in [7, 11) is 3.64. The van der Waals surface area contributed by atoms with Gasteiger partial charge >= 0.3 is 0 Å². The van der Waals surface area contributed by atoms with Crippen molar-refractivity contribution < 1.29 is 14.6 Å². The number of likely N-dealkylation sites (tertiary alicyclic amines) is 2. The Labute approximate surface area is 148 Å². The summed E-state index contributed by atoms with van der Waals surface area (Å²) < 4.78 is 5.32. The van der Waals surface area contributed by atoms with E-state index in [0.29, 0.717) is 29.4 Å². The van der Waals surface area contributed by atoms with Crippen molar-refractivity contribution in [3.05, 3.63) is 28.8 Å². The number of piperidine rings is 2. The number of nitrogens with zero attached hydrogens (tertiary/aromatic N) is 2. The lowest BCUT2D eigenvalue weighted by atomic mass is 9.69. The van der Waals surface area contributed by atoms with Gasteiger partial charge in [-0.2, -0.15) is 0 Å². The SMILES string of the molecule is COc1ccc(Cl)cc1C(=O)N1CC[C@@]2(CO)CCCN(C)[C@@H]2C1. The molecule has 132 valence electrons. The Morgan fingerprint density at radius 3 is 2.92 bits per heavy atom. The molecule has 2 aliphatic rings. The summed E-state index contributed by atoms with van der Waals surface area (Å²) in [5.41, 5.74) is 0.419. The molecule has 0 aromatic heterocycles. The Kier molecular flexibility index (Phi) is 5.04. The summed E-state index contributed by atoms with van der Waals surface area (Å²) >= 11 is 6.07. The fourth-order valence-electron chi connectivity index (χ4n) is 4.22. The number of fused-ring (bicyclic) bond motifs is 1. The molecule has 2 heterocycles. The van der Waals surface area contributed by atoms with Crippen molar-refractivity contribution in [1.29, 1.82) is 0 Å². The zero-order chi connectivity index (χ0) is 17.3. The number of methoxy groups -OCH3 is 1. The number of aliphatic hydroxyl groups is 1. The van der Waals surface area contributed by atoms with Crippen LogP contribution in [0.1, 0.15) is 29.6 Å². The highest BCUT2D eigenvalue weighted by Gasteiger charge is 2.47. The largest absolute Gasteiger partial charge is 0.496 e. The molecule has 24 heavy (non-hydrogen) atoms. The van der Waals surface area contributed by atoms with E-state index < -0.39 is 0 Å². The van der Waals surface area contributed by atoms with Crippen molar-refractivity contribution in [1.82, 2.24) is 9.80 Å². The minimum absolute atomic E-state index is 0.0557. The van der Waals surface area contributed by atoms with Crippen LogP contribution in [0.15, 0.2) is 18.2 Å². The molecule has 3 rings (SSSR count). The van der Waals surface area contributed by atoms with Gasteiger partial charge in [-0.25, -0.2) is 0 Å². The van der Waals surface area contributed by atoms with E-state index in [4.69, 9.17) is 16.3 Å². The smallest absolute Gasteiger partial charge is 0.257 e. The third-order valence-electron chi connectivity index (χ3n) is 5.69. The van der Waals surface area contributed by atoms with E-state index in [1.807, 2.05) is 4.90 Å². The topological polar surface area (TPSA) is 53.0 Å². The predicted molar refractivity (Wildman–Crippen MR) is 93.7 cm³/mol. The molecule has 0 unspecified atom stereocenters. The van der Waals surface area contributed by atoms with Crippen molar-refractivity contribution in [3.8, 4) is 5.75 Å². The van der Waals surface area contributed by atoms with E-state index in [1.165, 1.54) is 0 Å². The van der Waals surface area contributed by atoms with Gasteiger partial charge in [0, 0.05) is 29.6 Å². The summed E-state index contributed by atoms with van der Waals surface area (Å²) in [6, 6.07) is 5.31. The highest BCUT2D eigenvalue weighted by atomic mass is 35.5. The first kappa shape index (κ1) is 17.5. The molecule has 6 heteroatoms. The van der Waals surface area contributed by atoms with Gasteiger partial charge in [0.25, 0.3) is 5.91 Å². The fourth-order valence-corrected chi connectivity index (χ4v) is 4.39. The lowest BCUT2D eigenvalue weighted by Crippen LogP contribution is -2.62. The molecule has 0 radical (unpaired) electrons. The number of carbonyl (C=O) groups excluding carboxylic acids is 1. The third-order valence-corrected chi connectivity index (χ3v) is 5.93. The summed E-state index contributed by atoms with van der Waals surface area (Å²) in [5, 5.41) is 10.5. The fraction of sp³-hybridized carbons (Fsp3) is 0.611. The van der Waals surface area contributed by atoms with Crippen LogP contribution in [0.5, 0.6) is 5.75 Å². The first-order valence-corrected chi connectivity index (χ1v) is 8.82. The molecule has 1 aromatic rings. The van der Waals surface area contributed by atoms with Gasteiger partial charge < -0.3 is 19.6 Å². The Morgan fingerprint density at radius 1 is 1.42 bits per heavy atom. The summed E-state index contributed by atoms with van der Waals surface area (Å²) in [6.07, 6.45) is 2.96. The zero-order valence-electron chi connectivity index (χ0n) is 14.3. The maximum Gasteiger partial charge on any atom is 0.257 e. The zero-order valence-corrected chi connectivity index (χ0v) is 15.1. The van der Waals surface area contributed by atoms with Crippen molar-refractivity contribution in [2.45, 2.75) is 25.3 Å². The van der Waals surface area contributed by atoms with Crippen LogP contribution in [-0.4, -0.2) is 67.3 Å². The van der Waals surface area contributed by atoms with Gasteiger partial charge in [0.05, 0.1) is 19.3 Å². The summed E-state index contributed by atoms with van der Waals surface area (Å²) in [5.74, 6) is 0.486. The summed E-state index contributed by atoms with van der Waals surface area (Å²) in [6.45, 7) is 2.48. The van der Waals surface area contributed by atoms with Crippen molar-refractivity contribution in [2.75, 3.05) is 40.4 Å². The number of hydrogen-bond donors (Lipinski definition) is 1. The van der Waals surface area contributed by atoms with Crippen LogP contribution in [0.3, 0.4) is 0 Å². The van der Waals surface area contributed by atoms with Crippen LogP contribution in [0.25, 0.3) is 0 Å². The minimum Gasteiger partial charge on any atom is -0.496 e. The molecule has 1 amide bonds. The molecule has 0 saturated carbocycles. The number of halogens is 1. The standard InChI is InChI=1S/C18H25ClN2O3/c1-20-8-3-6-18(12-22)7-9-21(11-16(18)20)17(23)14-10-13(19)4-5-15(14)24-2/h4-5,10,16,22H,3,6-9,11-12H2,1-2H3/t16-,18-/m1/s1. The van der Waals surface area contributed by atoms with Crippen LogP contribution in [-0.2, 0) is 0 Å². The van der Waals surface area contributed by atoms with Crippen molar-refractivity contribution in [2.24, 2.45) is 5.41 Å². The number of carbonyl (C=O) groups is 1. The molecule has 0 bridgehead atoms. The average molecular weight is 353 g/mol. The second-order valence-electron chi connectivity index (χ2n) is 6.97. The van der Waals surface area contributed by atoms with E-state index in [0.717, 1.165) is 25.8 Å². The minimum atomic E-state index is -0.0812. The van der Waals surface area contributed by atoms with E-state index in [9.17, 15) is 9.90 Å². The molecule has 5 nitrogen and oxygen atoms in total. The number of hydrogen-bond acceptors (Lipinski definition) is 4. The van der Waals surface area contributed by atoms with Gasteiger partial charge in [-0.3, -0.25) is 4.79 Å². The lowest BCUT2D eigenvalue weighted by molar-refractivity contribution is -0.0601. The maximum atomic E-state index is 13.0. The predicted octanol–water partition coefficient (Wildman–Crippen LogP) is 2.27. The van der Waals surface area contributed by atoms with Gasteiger partial charge in [0.15, 0.2) is 0 Å². The lowest BCUT2D eigenvalue weighted by Gasteiger charge is -2.53. The molecule has 1 N–H and O–H groups in total. The molecule has 0 aliphatic carbocycles. The third kappa shape index (κ3) is 3.01. The van der Waals surface area contributed by atoms with Crippen molar-refractivity contribution in [3.63, 3.8) is 0 Å². The number of rotatable bonds is 3. The van der Waals surface area contributed by atoms with Gasteiger partial charge in [0.2, 0.25) is 0 Å². The Morgan fingerprint density at radius 2 is 2.21 bits per heavy atom. The normalized spacial score (nSPS) is 27.7. The second kappa shape index (κ2) is 6.90. The quantitative estimate of drug-likeness (QED) is 0.906. The Bertz CT molecular complexity index is 624. The number of amides is 1. The molecule has 2 fully saturated rings. The number of aliphatic hydroxyl groups excluding tert-OH is 1. The van der Waals surface area contributed by atoms with Crippen LogP contribution in [0, 0.1) is 5.41 Å². The van der Waals surface area contributed by atoms with Gasteiger partial charge in [-0.1, -0.05) is 11.6 Å². The van der Waals surface area contributed by atoms with E-state index in [-0.39, 0.29) is 24.0 Å². The second-order valence-corrected chi connectivity index (χ2v) is 7.40. The van der Waals surface area contributed by atoms with Crippen LogP contribution in [0.4, 0.5) is 0 Å². The van der Waals surface area contributed by atoms with Crippen molar-refractivity contribution >= 4 is 17.5 Å². The number of benzene rings is 1. The van der Waals surface area contributed by atoms with Crippen LogP contribution in [0.2, 0.25) is 5.02 Å². The van der Waals surface area contributed by atoms with Gasteiger partial charge in [0.1, 0.15) is 5.75 Å². The highest BCUT2D eigenvalue weighted by molar-refractivity contribution is 6.31. The molecule has 2 atom stereocenters. The molecular formula is C18H25ClN2O3. The molecule has 2 saturated heterocycles. The first-order valence-electron chi connectivity index (χ1n) is 8.45. The Balaban J connectivity index is 1.84. The number of ether oxygens (including phenoxy) is 1. The first-order chi connectivity index (χ1) is 11.5. The van der Waals surface area contributed by atoms with Crippen LogP contribution >= 0.6 is 11.6 Å².